The van der Waals surface area contributed by atoms with Crippen molar-refractivity contribution in [3.8, 4) is 17.1 Å². The Bertz CT molecular complexity index is 1090. The molecule has 0 spiro atoms. The molecule has 0 atom stereocenters. The lowest BCUT2D eigenvalue weighted by atomic mass is 10.2. The third-order valence-corrected chi connectivity index (χ3v) is 6.04. The highest BCUT2D eigenvalue weighted by Gasteiger charge is 2.18. The SMILES string of the molecule is COc1ccc(-c2nsc(NC(=O)c3sc4ccccc4c3Cl)n2)cc1. The molecule has 1 amide bonds. The number of hydrogen-bond donors (Lipinski definition) is 1. The first-order chi connectivity index (χ1) is 12.7. The minimum Gasteiger partial charge on any atom is -0.497 e. The standard InChI is InChI=1S/C18H12ClN3O2S2/c1-24-11-8-6-10(7-9-11)16-20-18(26-22-16)21-17(23)15-14(19)12-4-2-3-5-13(12)25-15/h2-9H,1H3,(H,20,21,22,23). The number of rotatable bonds is 4. The van der Waals surface area contributed by atoms with Gasteiger partial charge in [0.2, 0.25) is 5.13 Å². The summed E-state index contributed by atoms with van der Waals surface area (Å²) in [6.07, 6.45) is 0. The largest absolute Gasteiger partial charge is 0.497 e. The van der Waals surface area contributed by atoms with Crippen molar-refractivity contribution in [1.82, 2.24) is 9.36 Å². The van der Waals surface area contributed by atoms with Crippen molar-refractivity contribution in [1.29, 1.82) is 0 Å². The van der Waals surface area contributed by atoms with Crippen molar-refractivity contribution in [2.45, 2.75) is 0 Å². The number of nitrogens with zero attached hydrogens (tertiary/aromatic N) is 2. The molecule has 0 aliphatic heterocycles. The third kappa shape index (κ3) is 3.16. The van der Waals surface area contributed by atoms with Crippen LogP contribution in [0.3, 0.4) is 0 Å². The van der Waals surface area contributed by atoms with Crippen LogP contribution in [-0.2, 0) is 0 Å². The molecule has 0 bridgehead atoms. The van der Waals surface area contributed by atoms with E-state index in [0.29, 0.717) is 20.9 Å². The predicted molar refractivity (Wildman–Crippen MR) is 107 cm³/mol. The molecular formula is C18H12ClN3O2S2. The van der Waals surface area contributed by atoms with E-state index < -0.39 is 0 Å². The summed E-state index contributed by atoms with van der Waals surface area (Å²) < 4.78 is 10.4. The average molecular weight is 402 g/mol. The van der Waals surface area contributed by atoms with Crippen LogP contribution in [0.2, 0.25) is 5.02 Å². The number of ether oxygens (including phenoxy) is 1. The van der Waals surface area contributed by atoms with Crippen molar-refractivity contribution >= 4 is 55.6 Å². The first kappa shape index (κ1) is 17.0. The van der Waals surface area contributed by atoms with Crippen LogP contribution >= 0.6 is 34.5 Å². The van der Waals surface area contributed by atoms with Crippen LogP contribution in [0, 0.1) is 0 Å². The molecule has 2 aromatic carbocycles. The van der Waals surface area contributed by atoms with E-state index in [9.17, 15) is 4.79 Å². The number of carbonyl (C=O) groups is 1. The minimum atomic E-state index is -0.284. The Balaban J connectivity index is 1.56. The monoisotopic (exact) mass is 401 g/mol. The minimum absolute atomic E-state index is 0.284. The highest BCUT2D eigenvalue weighted by Crippen LogP contribution is 2.35. The van der Waals surface area contributed by atoms with Crippen LogP contribution < -0.4 is 10.1 Å². The summed E-state index contributed by atoms with van der Waals surface area (Å²) in [6, 6.07) is 15.1. The lowest BCUT2D eigenvalue weighted by molar-refractivity contribution is 0.103. The van der Waals surface area contributed by atoms with Gasteiger partial charge in [-0.2, -0.15) is 9.36 Å². The maximum Gasteiger partial charge on any atom is 0.269 e. The second kappa shape index (κ2) is 7.03. The second-order valence-electron chi connectivity index (χ2n) is 5.35. The normalized spacial score (nSPS) is 10.8. The fourth-order valence-corrected chi connectivity index (χ4v) is 4.44. The van der Waals surface area contributed by atoms with Gasteiger partial charge in [0.1, 0.15) is 10.6 Å². The van der Waals surface area contributed by atoms with Gasteiger partial charge >= 0.3 is 0 Å². The Kier molecular flexibility index (Phi) is 4.58. The number of halogens is 1. The summed E-state index contributed by atoms with van der Waals surface area (Å²) in [5, 5.41) is 4.54. The van der Waals surface area contributed by atoms with E-state index in [2.05, 4.69) is 14.7 Å². The molecule has 5 nitrogen and oxygen atoms in total. The van der Waals surface area contributed by atoms with Crippen molar-refractivity contribution < 1.29 is 9.53 Å². The van der Waals surface area contributed by atoms with Gasteiger partial charge in [0.15, 0.2) is 5.82 Å². The maximum absolute atomic E-state index is 12.6. The number of methoxy groups -OCH3 is 1. The predicted octanol–water partition coefficient (Wildman–Crippen LogP) is 5.33. The summed E-state index contributed by atoms with van der Waals surface area (Å²) in [7, 11) is 1.61. The van der Waals surface area contributed by atoms with Gasteiger partial charge in [-0.05, 0) is 30.3 Å². The van der Waals surface area contributed by atoms with E-state index in [0.717, 1.165) is 32.9 Å². The average Bonchev–Trinajstić information content (AvgIpc) is 3.27. The van der Waals surface area contributed by atoms with Gasteiger partial charge in [-0.3, -0.25) is 10.1 Å². The van der Waals surface area contributed by atoms with Gasteiger partial charge < -0.3 is 4.74 Å². The molecule has 26 heavy (non-hydrogen) atoms. The van der Waals surface area contributed by atoms with E-state index in [4.69, 9.17) is 16.3 Å². The molecule has 4 rings (SSSR count). The molecule has 130 valence electrons. The fraction of sp³-hybridized carbons (Fsp3) is 0.0556. The summed E-state index contributed by atoms with van der Waals surface area (Å²) in [4.78, 5) is 17.4. The molecule has 2 heterocycles. The van der Waals surface area contributed by atoms with Crippen LogP contribution in [0.15, 0.2) is 48.5 Å². The number of fused-ring (bicyclic) bond motifs is 1. The molecule has 0 unspecified atom stereocenters. The van der Waals surface area contributed by atoms with Crippen LogP contribution in [0.5, 0.6) is 5.75 Å². The molecule has 0 saturated carbocycles. The summed E-state index contributed by atoms with van der Waals surface area (Å²) in [5.41, 5.74) is 0.849. The quantitative estimate of drug-likeness (QED) is 0.501. The van der Waals surface area contributed by atoms with Gasteiger partial charge in [-0.15, -0.1) is 11.3 Å². The van der Waals surface area contributed by atoms with E-state index in [1.165, 1.54) is 11.3 Å². The highest BCUT2D eigenvalue weighted by molar-refractivity contribution is 7.21. The zero-order chi connectivity index (χ0) is 18.1. The smallest absolute Gasteiger partial charge is 0.269 e. The Morgan fingerprint density at radius 2 is 1.92 bits per heavy atom. The van der Waals surface area contributed by atoms with E-state index >= 15 is 0 Å². The van der Waals surface area contributed by atoms with E-state index in [1.807, 2.05) is 48.5 Å². The molecule has 1 N–H and O–H groups in total. The number of thiophene rings is 1. The Morgan fingerprint density at radius 3 is 2.65 bits per heavy atom. The summed E-state index contributed by atoms with van der Waals surface area (Å²) in [6.45, 7) is 0. The summed E-state index contributed by atoms with van der Waals surface area (Å²) >= 11 is 8.84. The summed E-state index contributed by atoms with van der Waals surface area (Å²) in [5.74, 6) is 1.03. The number of amides is 1. The van der Waals surface area contributed by atoms with Crippen molar-refractivity contribution in [3.63, 3.8) is 0 Å². The fourth-order valence-electron chi connectivity index (χ4n) is 2.45. The van der Waals surface area contributed by atoms with Crippen LogP contribution in [0.1, 0.15) is 9.67 Å². The van der Waals surface area contributed by atoms with Crippen molar-refractivity contribution in [2.75, 3.05) is 12.4 Å². The van der Waals surface area contributed by atoms with E-state index in [-0.39, 0.29) is 5.91 Å². The number of hydrogen-bond acceptors (Lipinski definition) is 6. The molecule has 4 aromatic rings. The first-order valence-electron chi connectivity index (χ1n) is 7.62. The molecule has 0 aliphatic carbocycles. The molecular weight excluding hydrogens is 390 g/mol. The molecule has 2 aromatic heterocycles. The molecule has 8 heteroatoms. The number of benzene rings is 2. The van der Waals surface area contributed by atoms with Gasteiger partial charge in [0, 0.05) is 27.2 Å². The molecule has 0 saturated heterocycles. The van der Waals surface area contributed by atoms with Crippen molar-refractivity contribution in [2.24, 2.45) is 0 Å². The van der Waals surface area contributed by atoms with Crippen LogP contribution in [0.25, 0.3) is 21.5 Å². The van der Waals surface area contributed by atoms with Gasteiger partial charge in [-0.25, -0.2) is 0 Å². The number of anilines is 1. The van der Waals surface area contributed by atoms with Crippen LogP contribution in [0.4, 0.5) is 5.13 Å². The zero-order valence-electron chi connectivity index (χ0n) is 13.5. The Labute approximate surface area is 162 Å². The van der Waals surface area contributed by atoms with Gasteiger partial charge in [-0.1, -0.05) is 29.8 Å². The van der Waals surface area contributed by atoms with Crippen LogP contribution in [-0.4, -0.2) is 22.4 Å². The van der Waals surface area contributed by atoms with Crippen molar-refractivity contribution in [3.05, 3.63) is 58.4 Å². The molecule has 0 fully saturated rings. The number of aromatic nitrogens is 2. The molecule has 0 radical (unpaired) electrons. The first-order valence-corrected chi connectivity index (χ1v) is 9.59. The number of carbonyl (C=O) groups excluding carboxylic acids is 1. The topological polar surface area (TPSA) is 64.1 Å². The second-order valence-corrected chi connectivity index (χ2v) is 7.53. The third-order valence-electron chi connectivity index (χ3n) is 3.74. The van der Waals surface area contributed by atoms with Gasteiger partial charge in [0.05, 0.1) is 12.1 Å². The van der Waals surface area contributed by atoms with E-state index in [1.54, 1.807) is 7.11 Å². The Morgan fingerprint density at radius 1 is 1.15 bits per heavy atom. The highest BCUT2D eigenvalue weighted by atomic mass is 35.5. The Hall–Kier alpha value is -2.48. The lowest BCUT2D eigenvalue weighted by Crippen LogP contribution is -2.10. The molecule has 0 aliphatic rings. The number of nitrogens with one attached hydrogen (secondary N) is 1. The van der Waals surface area contributed by atoms with Gasteiger partial charge in [0.25, 0.3) is 5.91 Å². The maximum atomic E-state index is 12.6. The zero-order valence-corrected chi connectivity index (χ0v) is 15.9. The lowest BCUT2D eigenvalue weighted by Gasteiger charge is -2.00.